The molecule has 2 nitrogen and oxygen atoms in total. The Morgan fingerprint density at radius 2 is 2.00 bits per heavy atom. The SMILES string of the molecule is Fc1ccc(Br)c(CN2CC3CNCC3C2)c1. The van der Waals surface area contributed by atoms with Crippen molar-refractivity contribution < 1.29 is 4.39 Å². The molecule has 1 N–H and O–H groups in total. The normalized spacial score (nSPS) is 28.6. The summed E-state index contributed by atoms with van der Waals surface area (Å²) in [6, 6.07) is 4.93. The lowest BCUT2D eigenvalue weighted by Crippen LogP contribution is -2.25. The Labute approximate surface area is 109 Å². The Hall–Kier alpha value is -0.450. The molecule has 92 valence electrons. The minimum absolute atomic E-state index is 0.149. The number of fused-ring (bicyclic) bond motifs is 1. The molecule has 2 heterocycles. The van der Waals surface area contributed by atoms with Crippen LogP contribution in [0.4, 0.5) is 4.39 Å². The van der Waals surface area contributed by atoms with Gasteiger partial charge in [-0.3, -0.25) is 4.90 Å². The van der Waals surface area contributed by atoms with Crippen LogP contribution in [0.15, 0.2) is 22.7 Å². The average Bonchev–Trinajstić information content (AvgIpc) is 2.83. The van der Waals surface area contributed by atoms with Gasteiger partial charge in [0, 0.05) is 24.1 Å². The van der Waals surface area contributed by atoms with Gasteiger partial charge in [0.2, 0.25) is 0 Å². The van der Waals surface area contributed by atoms with Crippen molar-refractivity contribution in [1.29, 1.82) is 0 Å². The lowest BCUT2D eigenvalue weighted by Gasteiger charge is -2.17. The second-order valence-electron chi connectivity index (χ2n) is 5.11. The lowest BCUT2D eigenvalue weighted by molar-refractivity contribution is 0.304. The first kappa shape index (κ1) is 11.6. The molecule has 3 rings (SSSR count). The zero-order chi connectivity index (χ0) is 11.8. The molecule has 0 aliphatic carbocycles. The first-order valence-electron chi connectivity index (χ1n) is 6.09. The number of halogens is 2. The summed E-state index contributed by atoms with van der Waals surface area (Å²) in [5.74, 6) is 1.44. The van der Waals surface area contributed by atoms with Crippen LogP contribution in [-0.4, -0.2) is 31.1 Å². The van der Waals surface area contributed by atoms with Gasteiger partial charge in [-0.1, -0.05) is 15.9 Å². The predicted molar refractivity (Wildman–Crippen MR) is 69.2 cm³/mol. The van der Waals surface area contributed by atoms with Crippen LogP contribution >= 0.6 is 15.9 Å². The van der Waals surface area contributed by atoms with Crippen LogP contribution in [0.1, 0.15) is 5.56 Å². The number of rotatable bonds is 2. The van der Waals surface area contributed by atoms with E-state index in [1.165, 1.54) is 6.07 Å². The Balaban J connectivity index is 1.69. The standard InChI is InChI=1S/C13H16BrFN2/c14-13-2-1-12(15)3-9(13)6-17-7-10-4-16-5-11(10)8-17/h1-3,10-11,16H,4-8H2. The van der Waals surface area contributed by atoms with E-state index in [2.05, 4.69) is 26.1 Å². The third-order valence-corrected chi connectivity index (χ3v) is 4.64. The molecule has 2 unspecified atom stereocenters. The quantitative estimate of drug-likeness (QED) is 0.901. The molecule has 0 amide bonds. The highest BCUT2D eigenvalue weighted by molar-refractivity contribution is 9.10. The first-order valence-corrected chi connectivity index (χ1v) is 6.88. The number of hydrogen-bond acceptors (Lipinski definition) is 2. The number of benzene rings is 1. The van der Waals surface area contributed by atoms with Crippen molar-refractivity contribution in [2.75, 3.05) is 26.2 Å². The van der Waals surface area contributed by atoms with E-state index in [0.29, 0.717) is 0 Å². The molecule has 1 aromatic carbocycles. The van der Waals surface area contributed by atoms with Crippen molar-refractivity contribution in [1.82, 2.24) is 10.2 Å². The van der Waals surface area contributed by atoms with E-state index in [9.17, 15) is 4.39 Å². The molecule has 17 heavy (non-hydrogen) atoms. The summed E-state index contributed by atoms with van der Waals surface area (Å²) >= 11 is 3.49. The Morgan fingerprint density at radius 3 is 2.71 bits per heavy atom. The molecule has 0 aromatic heterocycles. The molecule has 0 spiro atoms. The second-order valence-corrected chi connectivity index (χ2v) is 5.96. The molecule has 2 atom stereocenters. The highest BCUT2D eigenvalue weighted by Crippen LogP contribution is 2.29. The smallest absolute Gasteiger partial charge is 0.123 e. The third kappa shape index (κ3) is 2.39. The lowest BCUT2D eigenvalue weighted by atomic mass is 10.0. The van der Waals surface area contributed by atoms with E-state index in [1.807, 2.05) is 0 Å². The molecule has 0 bridgehead atoms. The fourth-order valence-corrected chi connectivity index (χ4v) is 3.36. The van der Waals surface area contributed by atoms with Gasteiger partial charge in [-0.2, -0.15) is 0 Å². The van der Waals surface area contributed by atoms with E-state index in [0.717, 1.165) is 54.6 Å². The summed E-state index contributed by atoms with van der Waals surface area (Å²) < 4.78 is 14.2. The summed E-state index contributed by atoms with van der Waals surface area (Å²) in [6.07, 6.45) is 0. The Morgan fingerprint density at radius 1 is 1.29 bits per heavy atom. The molecule has 0 saturated carbocycles. The molecule has 4 heteroatoms. The minimum atomic E-state index is -0.149. The van der Waals surface area contributed by atoms with Crippen molar-refractivity contribution in [2.24, 2.45) is 11.8 Å². The Bertz CT molecular complexity index is 412. The molecule has 2 saturated heterocycles. The minimum Gasteiger partial charge on any atom is -0.316 e. The zero-order valence-corrected chi connectivity index (χ0v) is 11.2. The maximum atomic E-state index is 13.2. The van der Waals surface area contributed by atoms with E-state index >= 15 is 0 Å². The van der Waals surface area contributed by atoms with Crippen LogP contribution in [0.25, 0.3) is 0 Å². The van der Waals surface area contributed by atoms with E-state index in [-0.39, 0.29) is 5.82 Å². The monoisotopic (exact) mass is 298 g/mol. The van der Waals surface area contributed by atoms with Crippen LogP contribution in [-0.2, 0) is 6.54 Å². The average molecular weight is 299 g/mol. The van der Waals surface area contributed by atoms with E-state index in [4.69, 9.17) is 0 Å². The maximum absolute atomic E-state index is 13.2. The molecule has 1 aromatic rings. The van der Waals surface area contributed by atoms with Gasteiger partial charge in [0.1, 0.15) is 5.82 Å². The van der Waals surface area contributed by atoms with Gasteiger partial charge < -0.3 is 5.32 Å². The van der Waals surface area contributed by atoms with E-state index < -0.39 is 0 Å². The van der Waals surface area contributed by atoms with Gasteiger partial charge in [-0.15, -0.1) is 0 Å². The Kier molecular flexibility index (Phi) is 3.19. The summed E-state index contributed by atoms with van der Waals surface area (Å²) in [6.45, 7) is 5.42. The summed E-state index contributed by atoms with van der Waals surface area (Å²) in [4.78, 5) is 2.44. The third-order valence-electron chi connectivity index (χ3n) is 3.87. The summed E-state index contributed by atoms with van der Waals surface area (Å²) in [5, 5.41) is 3.43. The summed E-state index contributed by atoms with van der Waals surface area (Å²) in [7, 11) is 0. The number of nitrogens with one attached hydrogen (secondary N) is 1. The van der Waals surface area contributed by atoms with Gasteiger partial charge in [0.15, 0.2) is 0 Å². The molecule has 2 aliphatic heterocycles. The number of likely N-dealkylation sites (tertiary alicyclic amines) is 1. The van der Waals surface area contributed by atoms with Crippen molar-refractivity contribution in [2.45, 2.75) is 6.54 Å². The topological polar surface area (TPSA) is 15.3 Å². The van der Waals surface area contributed by atoms with Gasteiger partial charge in [0.25, 0.3) is 0 Å². The van der Waals surface area contributed by atoms with Crippen LogP contribution < -0.4 is 5.32 Å². The van der Waals surface area contributed by atoms with Gasteiger partial charge in [-0.25, -0.2) is 4.39 Å². The van der Waals surface area contributed by atoms with Crippen molar-refractivity contribution >= 4 is 15.9 Å². The fraction of sp³-hybridized carbons (Fsp3) is 0.538. The number of hydrogen-bond donors (Lipinski definition) is 1. The van der Waals surface area contributed by atoms with Crippen molar-refractivity contribution in [3.63, 3.8) is 0 Å². The molecule has 0 radical (unpaired) electrons. The van der Waals surface area contributed by atoms with Crippen molar-refractivity contribution in [3.05, 3.63) is 34.1 Å². The van der Waals surface area contributed by atoms with Crippen LogP contribution in [0.3, 0.4) is 0 Å². The highest BCUT2D eigenvalue weighted by Gasteiger charge is 2.35. The van der Waals surface area contributed by atoms with Crippen LogP contribution in [0.5, 0.6) is 0 Å². The van der Waals surface area contributed by atoms with Crippen LogP contribution in [0, 0.1) is 17.7 Å². The molecular weight excluding hydrogens is 283 g/mol. The van der Waals surface area contributed by atoms with Gasteiger partial charge >= 0.3 is 0 Å². The first-order chi connectivity index (χ1) is 8.22. The highest BCUT2D eigenvalue weighted by atomic mass is 79.9. The van der Waals surface area contributed by atoms with E-state index in [1.54, 1.807) is 12.1 Å². The number of nitrogens with zero attached hydrogens (tertiary/aromatic N) is 1. The molecular formula is C13H16BrFN2. The second kappa shape index (κ2) is 4.67. The predicted octanol–water partition coefficient (Wildman–Crippen LogP) is 2.24. The fourth-order valence-electron chi connectivity index (χ4n) is 2.99. The van der Waals surface area contributed by atoms with Gasteiger partial charge in [0.05, 0.1) is 0 Å². The van der Waals surface area contributed by atoms with Gasteiger partial charge in [-0.05, 0) is 48.7 Å². The largest absolute Gasteiger partial charge is 0.316 e. The maximum Gasteiger partial charge on any atom is 0.123 e. The van der Waals surface area contributed by atoms with Crippen molar-refractivity contribution in [3.8, 4) is 0 Å². The summed E-state index contributed by atoms with van der Waals surface area (Å²) in [5.41, 5.74) is 1.05. The molecule has 2 fully saturated rings. The van der Waals surface area contributed by atoms with Crippen LogP contribution in [0.2, 0.25) is 0 Å². The molecule has 2 aliphatic rings. The zero-order valence-electron chi connectivity index (χ0n) is 9.63.